The van der Waals surface area contributed by atoms with E-state index in [0.29, 0.717) is 18.9 Å². The average Bonchev–Trinajstić information content (AvgIpc) is 2.26. The summed E-state index contributed by atoms with van der Waals surface area (Å²) in [4.78, 5) is 11.2. The number of benzene rings is 1. The van der Waals surface area contributed by atoms with Gasteiger partial charge < -0.3 is 5.32 Å². The largest absolute Gasteiger partial charge is 0.352 e. The fourth-order valence-electron chi connectivity index (χ4n) is 1.69. The summed E-state index contributed by atoms with van der Waals surface area (Å²) in [6.45, 7) is 6.94. The Hall–Kier alpha value is -1.31. The lowest BCUT2D eigenvalue weighted by molar-refractivity contribution is -0.120. The normalized spacial score (nSPS) is 10.5. The molecule has 0 heterocycles. The van der Waals surface area contributed by atoms with Gasteiger partial charge in [-0.3, -0.25) is 4.79 Å². The van der Waals surface area contributed by atoms with Crippen LogP contribution in [0, 0.1) is 5.92 Å². The van der Waals surface area contributed by atoms with Gasteiger partial charge in [0.25, 0.3) is 0 Å². The molecule has 0 bridgehead atoms. The van der Waals surface area contributed by atoms with E-state index in [1.54, 1.807) is 0 Å². The van der Waals surface area contributed by atoms with E-state index in [4.69, 9.17) is 0 Å². The first kappa shape index (κ1) is 12.8. The third-order valence-electron chi connectivity index (χ3n) is 2.54. The Morgan fingerprint density at radius 1 is 1.31 bits per heavy atom. The third-order valence-corrected chi connectivity index (χ3v) is 2.54. The molecule has 1 rings (SSSR count). The number of rotatable bonds is 5. The Balaban J connectivity index is 0.00000256. The minimum Gasteiger partial charge on any atom is -0.352 e. The molecular weight excluding hydrogens is 198 g/mol. The molecule has 2 heteroatoms. The van der Waals surface area contributed by atoms with E-state index in [-0.39, 0.29) is 7.33 Å². The number of carbonyl (C=O) groups is 1. The molecule has 0 aliphatic rings. The van der Waals surface area contributed by atoms with Gasteiger partial charge in [0.1, 0.15) is 0 Å². The van der Waals surface area contributed by atoms with Crippen molar-refractivity contribution < 1.29 is 6.22 Å². The van der Waals surface area contributed by atoms with E-state index >= 15 is 0 Å². The van der Waals surface area contributed by atoms with Crippen molar-refractivity contribution in [3.05, 3.63) is 35.4 Å². The molecule has 1 aromatic rings. The summed E-state index contributed by atoms with van der Waals surface area (Å²) in [7, 11) is 0. The number of hydrogen-bond acceptors (Lipinski definition) is 1. The van der Waals surface area contributed by atoms with Crippen molar-refractivity contribution in [2.24, 2.45) is 5.92 Å². The molecule has 90 valence electrons. The first-order valence-electron chi connectivity index (χ1n) is 5.97. The van der Waals surface area contributed by atoms with Crippen molar-refractivity contribution >= 4 is 5.91 Å². The van der Waals surface area contributed by atoms with Crippen LogP contribution in [0.5, 0.6) is 0 Å². The lowest BCUT2D eigenvalue weighted by atomic mass is 9.98. The molecule has 1 aromatic carbocycles. The van der Waals surface area contributed by atoms with Crippen LogP contribution in [0.1, 0.15) is 39.7 Å². The molecule has 0 saturated heterocycles. The predicted molar refractivity (Wildman–Crippen MR) is 69.2 cm³/mol. The third kappa shape index (κ3) is 4.05. The molecule has 0 atom stereocenters. The van der Waals surface area contributed by atoms with Crippen molar-refractivity contribution in [1.29, 1.82) is 0 Å². The smallest absolute Gasteiger partial charge is 0.219 e. The van der Waals surface area contributed by atoms with Crippen molar-refractivity contribution in [2.75, 3.05) is 0 Å². The Morgan fingerprint density at radius 2 is 1.94 bits per heavy atom. The molecule has 2 nitrogen and oxygen atoms in total. The summed E-state index contributed by atoms with van der Waals surface area (Å²) >= 11 is 0. The Labute approximate surface area is 99.5 Å². The fraction of sp³-hybridized carbons (Fsp3) is 0.500. The van der Waals surface area contributed by atoms with Gasteiger partial charge in [-0.15, -0.1) is 0 Å². The monoisotopic (exact) mass is 221 g/mol. The van der Waals surface area contributed by atoms with Gasteiger partial charge >= 0.3 is 0 Å². The van der Waals surface area contributed by atoms with E-state index in [9.17, 15) is 4.79 Å². The van der Waals surface area contributed by atoms with Crippen LogP contribution in [-0.4, -0.2) is 5.91 Å². The second kappa shape index (κ2) is 6.31. The van der Waals surface area contributed by atoms with Crippen LogP contribution in [0.2, 0.25) is 0 Å². The maximum Gasteiger partial charge on any atom is 0.219 e. The molecule has 0 unspecified atom stereocenters. The quantitative estimate of drug-likeness (QED) is 0.813. The molecule has 1 amide bonds. The van der Waals surface area contributed by atoms with E-state index in [0.717, 1.165) is 6.42 Å². The number of carbonyl (C=O) groups excluding carboxylic acids is 1. The van der Waals surface area contributed by atoms with Gasteiger partial charge in [-0.1, -0.05) is 45.0 Å². The van der Waals surface area contributed by atoms with Crippen molar-refractivity contribution in [3.63, 3.8) is 0 Å². The van der Waals surface area contributed by atoms with Crippen LogP contribution < -0.4 is 5.32 Å². The van der Waals surface area contributed by atoms with Crippen molar-refractivity contribution in [3.8, 4) is 0 Å². The molecule has 0 aliphatic heterocycles. The first-order valence-corrected chi connectivity index (χ1v) is 5.97. The second-order valence-electron chi connectivity index (χ2n) is 4.50. The van der Waals surface area contributed by atoms with Gasteiger partial charge in [-0.05, 0) is 23.5 Å². The van der Waals surface area contributed by atoms with E-state index < -0.39 is 0 Å². The van der Waals surface area contributed by atoms with Gasteiger partial charge in [0, 0.05) is 14.4 Å². The summed E-state index contributed by atoms with van der Waals surface area (Å²) in [5, 5.41) is 2.92. The minimum absolute atomic E-state index is 0. The highest BCUT2D eigenvalue weighted by molar-refractivity contribution is 5.75. The molecule has 16 heavy (non-hydrogen) atoms. The average molecular weight is 221 g/mol. The fourth-order valence-corrected chi connectivity index (χ4v) is 1.69. The SMILES string of the molecule is CCC(=O)NCc1ccccc1CC(C)C.[HH]. The summed E-state index contributed by atoms with van der Waals surface area (Å²) in [6.07, 6.45) is 1.62. The van der Waals surface area contributed by atoms with Crippen LogP contribution in [0.25, 0.3) is 0 Å². The first-order chi connectivity index (χ1) is 7.63. The second-order valence-corrected chi connectivity index (χ2v) is 4.50. The highest BCUT2D eigenvalue weighted by Gasteiger charge is 2.05. The zero-order valence-electron chi connectivity index (χ0n) is 10.4. The molecule has 0 aliphatic carbocycles. The molecule has 1 N–H and O–H groups in total. The maximum absolute atomic E-state index is 11.2. The molecule has 0 spiro atoms. The Kier molecular flexibility index (Phi) is 5.03. The predicted octanol–water partition coefficient (Wildman–Crippen LogP) is 3.16. The molecule has 0 saturated carbocycles. The van der Waals surface area contributed by atoms with E-state index in [1.807, 2.05) is 13.0 Å². The van der Waals surface area contributed by atoms with Crippen molar-refractivity contribution in [2.45, 2.75) is 40.2 Å². The minimum atomic E-state index is 0. The zero-order valence-corrected chi connectivity index (χ0v) is 10.4. The standard InChI is InChI=1S/C14H21NO.H2/c1-4-14(16)15-10-13-8-6-5-7-12(13)9-11(2)3;/h5-8,11H,4,9-10H2,1-3H3,(H,15,16);1H. The highest BCUT2D eigenvalue weighted by Crippen LogP contribution is 2.13. The summed E-state index contributed by atoms with van der Waals surface area (Å²) in [6, 6.07) is 8.32. The van der Waals surface area contributed by atoms with Gasteiger partial charge in [0.15, 0.2) is 0 Å². The molecule has 0 aromatic heterocycles. The molecule has 0 radical (unpaired) electrons. The lowest BCUT2D eigenvalue weighted by Gasteiger charge is -2.12. The summed E-state index contributed by atoms with van der Waals surface area (Å²) < 4.78 is 0. The summed E-state index contributed by atoms with van der Waals surface area (Å²) in [5.41, 5.74) is 2.58. The van der Waals surface area contributed by atoms with Crippen LogP contribution in [0.15, 0.2) is 24.3 Å². The van der Waals surface area contributed by atoms with E-state index in [1.165, 1.54) is 11.1 Å². The summed E-state index contributed by atoms with van der Waals surface area (Å²) in [5.74, 6) is 0.752. The van der Waals surface area contributed by atoms with Crippen LogP contribution in [0.3, 0.4) is 0 Å². The van der Waals surface area contributed by atoms with Gasteiger partial charge in [0.05, 0.1) is 0 Å². The van der Waals surface area contributed by atoms with Crippen LogP contribution in [-0.2, 0) is 17.8 Å². The topological polar surface area (TPSA) is 29.1 Å². The van der Waals surface area contributed by atoms with E-state index in [2.05, 4.69) is 37.4 Å². The lowest BCUT2D eigenvalue weighted by Crippen LogP contribution is -2.22. The van der Waals surface area contributed by atoms with Gasteiger partial charge in [0.2, 0.25) is 5.91 Å². The highest BCUT2D eigenvalue weighted by atomic mass is 16.1. The maximum atomic E-state index is 11.2. The van der Waals surface area contributed by atoms with Crippen LogP contribution in [0.4, 0.5) is 0 Å². The van der Waals surface area contributed by atoms with Crippen LogP contribution >= 0.6 is 0 Å². The number of hydrogen-bond donors (Lipinski definition) is 1. The molecule has 0 fully saturated rings. The Bertz CT molecular complexity index is 350. The van der Waals surface area contributed by atoms with Crippen molar-refractivity contribution in [1.82, 2.24) is 5.32 Å². The van der Waals surface area contributed by atoms with Gasteiger partial charge in [-0.2, -0.15) is 0 Å². The zero-order chi connectivity index (χ0) is 12.0. The number of nitrogens with one attached hydrogen (secondary N) is 1. The number of amides is 1. The Morgan fingerprint density at radius 3 is 2.50 bits per heavy atom. The molecular formula is C14H23NO. The van der Waals surface area contributed by atoms with Gasteiger partial charge in [-0.25, -0.2) is 0 Å².